The molecule has 0 aliphatic carbocycles. The zero-order chi connectivity index (χ0) is 22.1. The monoisotopic (exact) mass is 420 g/mol. The van der Waals surface area contributed by atoms with Gasteiger partial charge in [-0.15, -0.1) is 0 Å². The van der Waals surface area contributed by atoms with Crippen molar-refractivity contribution in [2.24, 2.45) is 0 Å². The third kappa shape index (κ3) is 6.57. The molecule has 160 valence electrons. The normalized spacial score (nSPS) is 10.4. The molecule has 7 heteroatoms. The van der Waals surface area contributed by atoms with E-state index in [0.717, 1.165) is 16.9 Å². The van der Waals surface area contributed by atoms with Crippen molar-refractivity contribution in [3.8, 4) is 5.75 Å². The fourth-order valence-electron chi connectivity index (χ4n) is 2.88. The Kier molecular flexibility index (Phi) is 7.59. The van der Waals surface area contributed by atoms with Crippen molar-refractivity contribution < 1.29 is 23.8 Å². The van der Waals surface area contributed by atoms with E-state index in [1.807, 2.05) is 61.5 Å². The van der Waals surface area contributed by atoms with Gasteiger partial charge in [-0.05, 0) is 30.2 Å². The van der Waals surface area contributed by atoms with Gasteiger partial charge in [0.2, 0.25) is 0 Å². The number of hydrogen-bond donors (Lipinski definition) is 0. The Morgan fingerprint density at radius 2 is 1.61 bits per heavy atom. The summed E-state index contributed by atoms with van der Waals surface area (Å²) >= 11 is 0. The van der Waals surface area contributed by atoms with Crippen LogP contribution < -0.4 is 9.47 Å². The van der Waals surface area contributed by atoms with Crippen molar-refractivity contribution in [3.63, 3.8) is 0 Å². The van der Waals surface area contributed by atoms with Crippen LogP contribution in [0, 0.1) is 5.21 Å². The highest BCUT2D eigenvalue weighted by Gasteiger charge is 2.16. The van der Waals surface area contributed by atoms with Gasteiger partial charge in [0.25, 0.3) is 5.91 Å². The van der Waals surface area contributed by atoms with E-state index in [4.69, 9.17) is 9.47 Å². The maximum absolute atomic E-state index is 12.5. The van der Waals surface area contributed by atoms with Crippen LogP contribution in [-0.4, -0.2) is 29.9 Å². The number of benzene rings is 2. The minimum Gasteiger partial charge on any atom is -0.619 e. The van der Waals surface area contributed by atoms with E-state index in [9.17, 15) is 14.8 Å². The Morgan fingerprint density at radius 3 is 2.26 bits per heavy atom. The van der Waals surface area contributed by atoms with Gasteiger partial charge in [0.15, 0.2) is 19.0 Å². The minimum absolute atomic E-state index is 0.217. The molecular formula is C24H24N2O5. The number of ether oxygens (including phenoxy) is 2. The SMILES string of the molecule is CCN(Cc1ccc(OCc2ccccc2)cc1)C(=O)COC(=O)c1cc[n+]([O-])cc1. The summed E-state index contributed by atoms with van der Waals surface area (Å²) in [6.07, 6.45) is 2.40. The number of esters is 1. The van der Waals surface area contributed by atoms with Crippen molar-refractivity contribution in [2.75, 3.05) is 13.2 Å². The molecule has 0 bridgehead atoms. The molecule has 1 amide bonds. The van der Waals surface area contributed by atoms with Crippen LogP contribution in [-0.2, 0) is 22.7 Å². The summed E-state index contributed by atoms with van der Waals surface area (Å²) in [7, 11) is 0. The average Bonchev–Trinajstić information content (AvgIpc) is 2.81. The second-order valence-electron chi connectivity index (χ2n) is 6.85. The lowest BCUT2D eigenvalue weighted by Crippen LogP contribution is -2.34. The van der Waals surface area contributed by atoms with E-state index in [1.165, 1.54) is 24.5 Å². The van der Waals surface area contributed by atoms with Gasteiger partial charge in [0.05, 0.1) is 5.56 Å². The molecule has 0 radical (unpaired) electrons. The molecule has 1 heterocycles. The molecule has 0 N–H and O–H groups in total. The number of pyridine rings is 1. The smallest absolute Gasteiger partial charge is 0.339 e. The van der Waals surface area contributed by atoms with Gasteiger partial charge in [0, 0.05) is 25.2 Å². The first-order chi connectivity index (χ1) is 15.0. The highest BCUT2D eigenvalue weighted by atomic mass is 16.5. The van der Waals surface area contributed by atoms with Crippen LogP contribution in [0.25, 0.3) is 0 Å². The Balaban J connectivity index is 1.49. The van der Waals surface area contributed by atoms with E-state index >= 15 is 0 Å². The molecule has 0 aliphatic heterocycles. The van der Waals surface area contributed by atoms with Crippen LogP contribution in [0.1, 0.15) is 28.4 Å². The second kappa shape index (κ2) is 10.8. The summed E-state index contributed by atoms with van der Waals surface area (Å²) in [6.45, 7) is 2.86. The highest BCUT2D eigenvalue weighted by Crippen LogP contribution is 2.16. The Bertz CT molecular complexity index is 989. The largest absolute Gasteiger partial charge is 0.619 e. The summed E-state index contributed by atoms with van der Waals surface area (Å²) < 4.78 is 11.4. The van der Waals surface area contributed by atoms with E-state index in [-0.39, 0.29) is 18.1 Å². The maximum atomic E-state index is 12.5. The highest BCUT2D eigenvalue weighted by molar-refractivity contribution is 5.91. The van der Waals surface area contributed by atoms with Gasteiger partial charge in [-0.3, -0.25) is 4.79 Å². The van der Waals surface area contributed by atoms with Crippen molar-refractivity contribution >= 4 is 11.9 Å². The van der Waals surface area contributed by atoms with Crippen LogP contribution in [0.4, 0.5) is 0 Å². The predicted molar refractivity (Wildman–Crippen MR) is 114 cm³/mol. The second-order valence-corrected chi connectivity index (χ2v) is 6.85. The molecule has 0 unspecified atom stereocenters. The van der Waals surface area contributed by atoms with Gasteiger partial charge in [-0.25, -0.2) is 4.79 Å². The number of nitrogens with zero attached hydrogens (tertiary/aromatic N) is 2. The fourth-order valence-corrected chi connectivity index (χ4v) is 2.88. The number of amides is 1. The van der Waals surface area contributed by atoms with Crippen molar-refractivity contribution in [3.05, 3.63) is 101 Å². The number of hydrogen-bond acceptors (Lipinski definition) is 5. The van der Waals surface area contributed by atoms with Gasteiger partial charge in [0.1, 0.15) is 12.4 Å². The van der Waals surface area contributed by atoms with Crippen molar-refractivity contribution in [2.45, 2.75) is 20.1 Å². The Labute approximate surface area is 181 Å². The molecule has 0 saturated heterocycles. The van der Waals surface area contributed by atoms with Gasteiger partial charge in [-0.2, -0.15) is 4.73 Å². The molecule has 3 rings (SSSR count). The molecule has 31 heavy (non-hydrogen) atoms. The van der Waals surface area contributed by atoms with Gasteiger partial charge in [-0.1, -0.05) is 42.5 Å². The fraction of sp³-hybridized carbons (Fsp3) is 0.208. The summed E-state index contributed by atoms with van der Waals surface area (Å²) in [5, 5.41) is 11.0. The molecule has 1 aromatic heterocycles. The van der Waals surface area contributed by atoms with Crippen molar-refractivity contribution in [1.29, 1.82) is 0 Å². The number of carbonyl (C=O) groups excluding carboxylic acids is 2. The lowest BCUT2D eigenvalue weighted by Gasteiger charge is -2.21. The quantitative estimate of drug-likeness (QED) is 0.302. The lowest BCUT2D eigenvalue weighted by molar-refractivity contribution is -0.605. The zero-order valence-electron chi connectivity index (χ0n) is 17.3. The van der Waals surface area contributed by atoms with Crippen molar-refractivity contribution in [1.82, 2.24) is 4.90 Å². The molecular weight excluding hydrogens is 396 g/mol. The first kappa shape index (κ1) is 21.8. The number of aromatic nitrogens is 1. The van der Waals surface area contributed by atoms with Crippen LogP contribution in [0.2, 0.25) is 0 Å². The summed E-state index contributed by atoms with van der Waals surface area (Å²) in [5.41, 5.74) is 2.25. The summed E-state index contributed by atoms with van der Waals surface area (Å²) in [4.78, 5) is 26.1. The van der Waals surface area contributed by atoms with Crippen LogP contribution in [0.15, 0.2) is 79.1 Å². The molecule has 0 fully saturated rings. The number of carbonyl (C=O) groups is 2. The first-order valence-corrected chi connectivity index (χ1v) is 9.94. The molecule has 0 aliphatic rings. The molecule has 7 nitrogen and oxygen atoms in total. The van der Waals surface area contributed by atoms with Gasteiger partial charge < -0.3 is 19.6 Å². The average molecular weight is 420 g/mol. The third-order valence-electron chi connectivity index (χ3n) is 4.64. The molecule has 0 atom stereocenters. The Morgan fingerprint density at radius 1 is 0.935 bits per heavy atom. The zero-order valence-corrected chi connectivity index (χ0v) is 17.3. The summed E-state index contributed by atoms with van der Waals surface area (Å²) in [6, 6.07) is 20.2. The standard InChI is InChI=1S/C24H24N2O5/c1-2-25(23(27)18-31-24(28)21-12-14-26(29)15-13-21)16-19-8-10-22(11-9-19)30-17-20-6-4-3-5-7-20/h3-15H,2,16-18H2,1H3. The first-order valence-electron chi connectivity index (χ1n) is 9.94. The van der Waals surface area contributed by atoms with Crippen LogP contribution >= 0.6 is 0 Å². The van der Waals surface area contributed by atoms with E-state index in [1.54, 1.807) is 4.90 Å². The Hall–Kier alpha value is -3.87. The molecule has 2 aromatic carbocycles. The summed E-state index contributed by atoms with van der Waals surface area (Å²) in [5.74, 6) is -0.196. The maximum Gasteiger partial charge on any atom is 0.339 e. The third-order valence-corrected chi connectivity index (χ3v) is 4.64. The van der Waals surface area contributed by atoms with E-state index < -0.39 is 5.97 Å². The topological polar surface area (TPSA) is 82.8 Å². The van der Waals surface area contributed by atoms with Crippen LogP contribution in [0.5, 0.6) is 5.75 Å². The predicted octanol–water partition coefficient (Wildman–Crippen LogP) is 3.10. The lowest BCUT2D eigenvalue weighted by atomic mass is 10.2. The van der Waals surface area contributed by atoms with Crippen LogP contribution in [0.3, 0.4) is 0 Å². The van der Waals surface area contributed by atoms with Gasteiger partial charge >= 0.3 is 5.97 Å². The number of rotatable bonds is 9. The van der Waals surface area contributed by atoms with E-state index in [0.29, 0.717) is 24.4 Å². The molecule has 0 saturated carbocycles. The number of likely N-dealkylation sites (N-methyl/N-ethyl adjacent to an activating group) is 1. The van der Waals surface area contributed by atoms with E-state index in [2.05, 4.69) is 0 Å². The minimum atomic E-state index is -0.648. The molecule has 3 aromatic rings. The molecule has 0 spiro atoms.